The molecule has 1 aliphatic carbocycles. The number of likely N-dealkylation sites (N-methyl/N-ethyl adjacent to an activating group) is 1. The quantitative estimate of drug-likeness (QED) is 0.781. The molecule has 2 bridgehead atoms. The molecule has 1 amide bonds. The van der Waals surface area contributed by atoms with Crippen LogP contribution in [0.2, 0.25) is 0 Å². The molecule has 1 aromatic carbocycles. The molecule has 1 aromatic rings. The molecular weight excluding hydrogens is 280 g/mol. The number of hydrogen-bond acceptors (Lipinski definition) is 4. The van der Waals surface area contributed by atoms with Crippen LogP contribution in [-0.4, -0.2) is 49.9 Å². The topological polar surface area (TPSA) is 51.1 Å². The van der Waals surface area contributed by atoms with Crippen molar-refractivity contribution in [2.24, 2.45) is 10.9 Å². The fourth-order valence-electron chi connectivity index (χ4n) is 5.06. The number of hydrogen-bond donors (Lipinski definition) is 0. The number of rotatable bonds is 1. The molecule has 114 valence electrons. The van der Waals surface area contributed by atoms with Crippen molar-refractivity contribution >= 4 is 12.1 Å². The first-order valence-corrected chi connectivity index (χ1v) is 7.82. The summed E-state index contributed by atoms with van der Waals surface area (Å²) in [6.07, 6.45) is 3.32. The molecule has 5 nitrogen and oxygen atoms in total. The zero-order chi connectivity index (χ0) is 15.1. The van der Waals surface area contributed by atoms with Crippen LogP contribution in [0, 0.1) is 5.92 Å². The van der Waals surface area contributed by atoms with E-state index in [1.165, 1.54) is 11.1 Å². The van der Waals surface area contributed by atoms with Gasteiger partial charge in [0.2, 0.25) is 0 Å². The Morgan fingerprint density at radius 3 is 3.14 bits per heavy atom. The van der Waals surface area contributed by atoms with E-state index in [2.05, 4.69) is 23.0 Å². The van der Waals surface area contributed by atoms with Crippen molar-refractivity contribution in [1.29, 1.82) is 0 Å². The standard InChI is InChI=1S/C17H18N2O3/c1-19-6-5-17-10-8-18-16(20)15(17)22-14-12(21-2)4-3-9(13(14)17)7-11(10)19/h3-4,8,10-11,15H,5-7H2,1-2H3/t10-,11+,15-,17-/m0/s1. The molecule has 1 spiro atoms. The molecule has 3 heterocycles. The second kappa shape index (κ2) is 3.90. The zero-order valence-corrected chi connectivity index (χ0v) is 12.7. The third-order valence-electron chi connectivity index (χ3n) is 6.07. The number of ether oxygens (including phenoxy) is 2. The van der Waals surface area contributed by atoms with Crippen molar-refractivity contribution in [3.8, 4) is 11.5 Å². The summed E-state index contributed by atoms with van der Waals surface area (Å²) in [5.74, 6) is 1.60. The molecule has 22 heavy (non-hydrogen) atoms. The van der Waals surface area contributed by atoms with E-state index in [-0.39, 0.29) is 17.2 Å². The normalized spacial score (nSPS) is 37.7. The average Bonchev–Trinajstić information content (AvgIpc) is 2.88. The van der Waals surface area contributed by atoms with Crippen LogP contribution < -0.4 is 9.47 Å². The van der Waals surface area contributed by atoms with E-state index < -0.39 is 6.10 Å². The lowest BCUT2D eigenvalue weighted by molar-refractivity contribution is -0.130. The van der Waals surface area contributed by atoms with Crippen molar-refractivity contribution in [1.82, 2.24) is 4.90 Å². The highest BCUT2D eigenvalue weighted by Gasteiger charge is 2.65. The van der Waals surface area contributed by atoms with Crippen molar-refractivity contribution in [2.75, 3.05) is 20.7 Å². The zero-order valence-electron chi connectivity index (χ0n) is 12.7. The maximum absolute atomic E-state index is 12.4. The molecule has 0 radical (unpaired) electrons. The lowest BCUT2D eigenvalue weighted by atomic mass is 9.55. The van der Waals surface area contributed by atoms with Gasteiger partial charge in [0.05, 0.1) is 12.5 Å². The summed E-state index contributed by atoms with van der Waals surface area (Å²) in [6, 6.07) is 4.50. The van der Waals surface area contributed by atoms with Crippen LogP contribution in [0.4, 0.5) is 0 Å². The van der Waals surface area contributed by atoms with Gasteiger partial charge in [-0.25, -0.2) is 4.99 Å². The van der Waals surface area contributed by atoms with Gasteiger partial charge in [0.1, 0.15) is 0 Å². The van der Waals surface area contributed by atoms with E-state index >= 15 is 0 Å². The largest absolute Gasteiger partial charge is 0.493 e. The molecule has 5 heteroatoms. The van der Waals surface area contributed by atoms with Gasteiger partial charge in [-0.2, -0.15) is 0 Å². The third kappa shape index (κ3) is 1.21. The Morgan fingerprint density at radius 2 is 2.32 bits per heavy atom. The number of aliphatic imine (C=N–C) groups is 1. The maximum atomic E-state index is 12.4. The number of carbonyl (C=O) groups is 1. The smallest absolute Gasteiger partial charge is 0.287 e. The monoisotopic (exact) mass is 298 g/mol. The van der Waals surface area contributed by atoms with Crippen LogP contribution in [0.15, 0.2) is 17.1 Å². The van der Waals surface area contributed by atoms with Gasteiger partial charge in [-0.3, -0.25) is 4.79 Å². The number of piperidine rings is 1. The van der Waals surface area contributed by atoms with Gasteiger partial charge in [0.25, 0.3) is 5.91 Å². The summed E-state index contributed by atoms with van der Waals surface area (Å²) >= 11 is 0. The van der Waals surface area contributed by atoms with Gasteiger partial charge >= 0.3 is 0 Å². The van der Waals surface area contributed by atoms with E-state index in [0.717, 1.165) is 30.9 Å². The summed E-state index contributed by atoms with van der Waals surface area (Å²) in [7, 11) is 3.82. The predicted octanol–water partition coefficient (Wildman–Crippen LogP) is 1.18. The Bertz CT molecular complexity index is 729. The minimum atomic E-state index is -0.482. The molecule has 0 unspecified atom stereocenters. The molecule has 3 aliphatic heterocycles. The van der Waals surface area contributed by atoms with E-state index in [9.17, 15) is 4.79 Å². The summed E-state index contributed by atoms with van der Waals surface area (Å²) in [4.78, 5) is 19.0. The van der Waals surface area contributed by atoms with Crippen LogP contribution in [0.25, 0.3) is 0 Å². The van der Waals surface area contributed by atoms with Crippen LogP contribution >= 0.6 is 0 Å². The Morgan fingerprint density at radius 1 is 1.45 bits per heavy atom. The molecule has 0 aromatic heterocycles. The van der Waals surface area contributed by atoms with Gasteiger partial charge in [-0.1, -0.05) is 6.07 Å². The van der Waals surface area contributed by atoms with Gasteiger partial charge in [0.15, 0.2) is 17.6 Å². The molecular formula is C17H18N2O3. The van der Waals surface area contributed by atoms with Crippen molar-refractivity contribution in [3.05, 3.63) is 23.3 Å². The van der Waals surface area contributed by atoms with Crippen LogP contribution in [0.1, 0.15) is 17.5 Å². The molecule has 1 fully saturated rings. The molecule has 1 saturated heterocycles. The summed E-state index contributed by atoms with van der Waals surface area (Å²) < 4.78 is 11.6. The lowest BCUT2D eigenvalue weighted by Gasteiger charge is -2.54. The van der Waals surface area contributed by atoms with Crippen LogP contribution in [-0.2, 0) is 16.6 Å². The number of carbonyl (C=O) groups excluding carboxylic acids is 1. The molecule has 0 N–H and O–H groups in total. The lowest BCUT2D eigenvalue weighted by Crippen LogP contribution is -2.65. The fourth-order valence-corrected chi connectivity index (χ4v) is 5.06. The first-order chi connectivity index (χ1) is 10.7. The summed E-state index contributed by atoms with van der Waals surface area (Å²) in [6.45, 7) is 0.984. The number of amides is 1. The highest BCUT2D eigenvalue weighted by molar-refractivity contribution is 5.97. The highest BCUT2D eigenvalue weighted by atomic mass is 16.5. The second-order valence-corrected chi connectivity index (χ2v) is 6.81. The first-order valence-electron chi connectivity index (χ1n) is 7.82. The number of benzene rings is 1. The van der Waals surface area contributed by atoms with Crippen LogP contribution in [0.5, 0.6) is 11.5 Å². The number of likely N-dealkylation sites (tertiary alicyclic amines) is 1. The molecule has 4 aliphatic rings. The fraction of sp³-hybridized carbons (Fsp3) is 0.529. The predicted molar refractivity (Wildman–Crippen MR) is 80.8 cm³/mol. The number of methoxy groups -OCH3 is 1. The van der Waals surface area contributed by atoms with Gasteiger partial charge < -0.3 is 14.4 Å². The van der Waals surface area contributed by atoms with E-state index in [0.29, 0.717) is 6.04 Å². The van der Waals surface area contributed by atoms with Crippen molar-refractivity contribution < 1.29 is 14.3 Å². The van der Waals surface area contributed by atoms with E-state index in [1.807, 2.05) is 12.3 Å². The average molecular weight is 298 g/mol. The van der Waals surface area contributed by atoms with E-state index in [4.69, 9.17) is 9.47 Å². The minimum Gasteiger partial charge on any atom is -0.493 e. The Hall–Kier alpha value is -1.88. The first kappa shape index (κ1) is 12.6. The molecule has 4 atom stereocenters. The van der Waals surface area contributed by atoms with Gasteiger partial charge in [-0.05, 0) is 38.1 Å². The Labute approximate surface area is 128 Å². The van der Waals surface area contributed by atoms with Crippen molar-refractivity contribution in [2.45, 2.75) is 30.4 Å². The third-order valence-corrected chi connectivity index (χ3v) is 6.07. The number of nitrogens with zero attached hydrogens (tertiary/aromatic N) is 2. The Kier molecular flexibility index (Phi) is 2.24. The summed E-state index contributed by atoms with van der Waals surface area (Å²) in [5.41, 5.74) is 2.27. The van der Waals surface area contributed by atoms with Gasteiger partial charge in [-0.15, -0.1) is 0 Å². The second-order valence-electron chi connectivity index (χ2n) is 6.81. The van der Waals surface area contributed by atoms with Crippen LogP contribution in [0.3, 0.4) is 0 Å². The van der Waals surface area contributed by atoms with Gasteiger partial charge in [0, 0.05) is 23.7 Å². The van der Waals surface area contributed by atoms with Crippen molar-refractivity contribution in [3.63, 3.8) is 0 Å². The summed E-state index contributed by atoms with van der Waals surface area (Å²) in [5, 5.41) is 0. The SMILES string of the molecule is COc1ccc2c3c1O[C@H]1C(=O)N=C[C@H]4[C@@H](C2)N(C)CC[C@]314. The molecule has 0 saturated carbocycles. The Balaban J connectivity index is 1.84. The highest BCUT2D eigenvalue weighted by Crippen LogP contribution is 2.60. The van der Waals surface area contributed by atoms with E-state index in [1.54, 1.807) is 7.11 Å². The molecule has 5 rings (SSSR count). The minimum absolute atomic E-state index is 0.148. The maximum Gasteiger partial charge on any atom is 0.287 e.